The van der Waals surface area contributed by atoms with Gasteiger partial charge in [0, 0.05) is 18.9 Å². The van der Waals surface area contributed by atoms with Crippen LogP contribution in [0, 0.1) is 0 Å². The van der Waals surface area contributed by atoms with Gasteiger partial charge in [0.25, 0.3) is 0 Å². The quantitative estimate of drug-likeness (QED) is 0.596. The lowest BCUT2D eigenvalue weighted by atomic mass is 9.98. The fourth-order valence-electron chi connectivity index (χ4n) is 2.45. The van der Waals surface area contributed by atoms with Gasteiger partial charge in [0.1, 0.15) is 11.5 Å². The number of benzene rings is 2. The number of hydrogen-bond donors (Lipinski definition) is 0. The molecular weight excluding hydrogens is 308 g/mol. The summed E-state index contributed by atoms with van der Waals surface area (Å²) >= 11 is 6.11. The van der Waals surface area contributed by atoms with Crippen LogP contribution in [0.3, 0.4) is 0 Å². The Morgan fingerprint density at radius 3 is 2.61 bits per heavy atom. The molecule has 0 aliphatic heterocycles. The van der Waals surface area contributed by atoms with E-state index >= 15 is 0 Å². The van der Waals surface area contributed by atoms with Crippen LogP contribution >= 0.6 is 11.6 Å². The molecule has 4 heteroatoms. The van der Waals surface area contributed by atoms with E-state index in [2.05, 4.69) is 28.6 Å². The molecule has 0 saturated heterocycles. The number of para-hydroxylation sites is 1. The van der Waals surface area contributed by atoms with Gasteiger partial charge in [-0.15, -0.1) is 0 Å². The van der Waals surface area contributed by atoms with Gasteiger partial charge in [-0.05, 0) is 42.2 Å². The number of aryl methyl sites for hydroxylation is 1. The topological polar surface area (TPSA) is 27.1 Å². The second-order valence-electron chi connectivity index (χ2n) is 5.59. The Morgan fingerprint density at radius 1 is 1.13 bits per heavy atom. The Hall–Kier alpha value is -2.26. The highest BCUT2D eigenvalue weighted by molar-refractivity contribution is 6.32. The van der Waals surface area contributed by atoms with Crippen LogP contribution in [0.5, 0.6) is 11.5 Å². The molecule has 3 aromatic rings. The summed E-state index contributed by atoms with van der Waals surface area (Å²) < 4.78 is 7.92. The molecule has 118 valence electrons. The normalized spacial score (nSPS) is 12.1. The van der Waals surface area contributed by atoms with Crippen molar-refractivity contribution in [2.24, 2.45) is 0 Å². The lowest BCUT2D eigenvalue weighted by molar-refractivity contribution is 0.482. The maximum Gasteiger partial charge on any atom is 0.146 e. The lowest BCUT2D eigenvalue weighted by Gasteiger charge is -2.13. The van der Waals surface area contributed by atoms with Crippen molar-refractivity contribution in [2.45, 2.75) is 25.8 Å². The highest BCUT2D eigenvalue weighted by atomic mass is 35.5. The van der Waals surface area contributed by atoms with Crippen molar-refractivity contribution in [3.63, 3.8) is 0 Å². The second-order valence-corrected chi connectivity index (χ2v) is 6.00. The fraction of sp³-hybridized carbons (Fsp3) is 0.211. The molecule has 0 spiro atoms. The number of halogens is 1. The molecule has 0 saturated carbocycles. The Bertz CT molecular complexity index is 738. The van der Waals surface area contributed by atoms with Gasteiger partial charge in [0.2, 0.25) is 0 Å². The number of rotatable bonds is 6. The third-order valence-corrected chi connectivity index (χ3v) is 4.21. The standard InChI is InChI=1S/C19H19ClN2O/c1-15(10-12-22-13-11-21-14-22)16-6-8-17(9-7-16)23-19-5-3-2-4-18(19)20/h2-9,11,13-15H,10,12H2,1H3. The SMILES string of the molecule is CC(CCn1ccnc1)c1ccc(Oc2ccccc2Cl)cc1. The first-order valence-corrected chi connectivity index (χ1v) is 8.08. The van der Waals surface area contributed by atoms with Gasteiger partial charge in [0.15, 0.2) is 0 Å². The monoisotopic (exact) mass is 326 g/mol. The molecular formula is C19H19ClN2O. The number of imidazole rings is 1. The highest BCUT2D eigenvalue weighted by Crippen LogP contribution is 2.30. The number of nitrogens with zero attached hydrogens (tertiary/aromatic N) is 2. The molecule has 0 aliphatic carbocycles. The van der Waals surface area contributed by atoms with Crippen LogP contribution in [0.1, 0.15) is 24.8 Å². The van der Waals surface area contributed by atoms with Crippen LogP contribution < -0.4 is 4.74 Å². The maximum absolute atomic E-state index is 6.11. The van der Waals surface area contributed by atoms with Gasteiger partial charge in [0.05, 0.1) is 11.3 Å². The van der Waals surface area contributed by atoms with E-state index < -0.39 is 0 Å². The zero-order valence-corrected chi connectivity index (χ0v) is 13.8. The van der Waals surface area contributed by atoms with Gasteiger partial charge in [-0.1, -0.05) is 42.8 Å². The van der Waals surface area contributed by atoms with Crippen molar-refractivity contribution in [2.75, 3.05) is 0 Å². The van der Waals surface area contributed by atoms with Crippen molar-refractivity contribution >= 4 is 11.6 Å². The number of hydrogen-bond acceptors (Lipinski definition) is 2. The van der Waals surface area contributed by atoms with Gasteiger partial charge in [-0.2, -0.15) is 0 Å². The van der Waals surface area contributed by atoms with Gasteiger partial charge in [-0.25, -0.2) is 4.98 Å². The number of aromatic nitrogens is 2. The zero-order chi connectivity index (χ0) is 16.1. The van der Waals surface area contributed by atoms with E-state index in [4.69, 9.17) is 16.3 Å². The van der Waals surface area contributed by atoms with Crippen molar-refractivity contribution in [1.29, 1.82) is 0 Å². The molecule has 1 atom stereocenters. The van der Waals surface area contributed by atoms with Crippen LogP contribution in [0.15, 0.2) is 67.3 Å². The van der Waals surface area contributed by atoms with Gasteiger partial charge >= 0.3 is 0 Å². The molecule has 1 heterocycles. The molecule has 0 fully saturated rings. The van der Waals surface area contributed by atoms with E-state index in [9.17, 15) is 0 Å². The average molecular weight is 327 g/mol. The minimum absolute atomic E-state index is 0.478. The predicted octanol–water partition coefficient (Wildman–Crippen LogP) is 5.52. The maximum atomic E-state index is 6.11. The van der Waals surface area contributed by atoms with Gasteiger partial charge < -0.3 is 9.30 Å². The summed E-state index contributed by atoms with van der Waals surface area (Å²) in [5, 5.41) is 0.616. The molecule has 0 N–H and O–H groups in total. The third-order valence-electron chi connectivity index (χ3n) is 3.89. The second kappa shape index (κ2) is 7.34. The summed E-state index contributed by atoms with van der Waals surface area (Å²) in [4.78, 5) is 4.07. The first-order valence-electron chi connectivity index (χ1n) is 7.70. The van der Waals surface area contributed by atoms with E-state index in [1.165, 1.54) is 5.56 Å². The molecule has 2 aromatic carbocycles. The van der Waals surface area contributed by atoms with Crippen LogP contribution in [-0.2, 0) is 6.54 Å². The Labute approximate surface area is 141 Å². The van der Waals surface area contributed by atoms with Crippen LogP contribution in [0.25, 0.3) is 0 Å². The molecule has 3 nitrogen and oxygen atoms in total. The summed E-state index contributed by atoms with van der Waals surface area (Å²) in [6.07, 6.45) is 6.73. The molecule has 0 aliphatic rings. The first kappa shape index (κ1) is 15.6. The summed E-state index contributed by atoms with van der Waals surface area (Å²) in [7, 11) is 0. The average Bonchev–Trinajstić information content (AvgIpc) is 3.09. The lowest BCUT2D eigenvalue weighted by Crippen LogP contribution is -2.01. The minimum atomic E-state index is 0.478. The largest absolute Gasteiger partial charge is 0.456 e. The number of ether oxygens (including phenoxy) is 1. The van der Waals surface area contributed by atoms with Crippen LogP contribution in [0.2, 0.25) is 5.02 Å². The van der Waals surface area contributed by atoms with E-state index in [-0.39, 0.29) is 0 Å². The smallest absolute Gasteiger partial charge is 0.146 e. The Balaban J connectivity index is 1.61. The molecule has 0 bridgehead atoms. The van der Waals surface area contributed by atoms with E-state index in [0.717, 1.165) is 18.7 Å². The van der Waals surface area contributed by atoms with Crippen molar-refractivity contribution in [1.82, 2.24) is 9.55 Å². The summed E-state index contributed by atoms with van der Waals surface area (Å²) in [5.41, 5.74) is 1.30. The zero-order valence-electron chi connectivity index (χ0n) is 13.0. The fourth-order valence-corrected chi connectivity index (χ4v) is 2.62. The highest BCUT2D eigenvalue weighted by Gasteiger charge is 2.07. The molecule has 1 unspecified atom stereocenters. The van der Waals surface area contributed by atoms with Crippen LogP contribution in [0.4, 0.5) is 0 Å². The van der Waals surface area contributed by atoms with E-state index in [0.29, 0.717) is 16.7 Å². The Kier molecular flexibility index (Phi) is 4.99. The van der Waals surface area contributed by atoms with Crippen LogP contribution in [-0.4, -0.2) is 9.55 Å². The Morgan fingerprint density at radius 2 is 1.91 bits per heavy atom. The summed E-state index contributed by atoms with van der Waals surface area (Å²) in [6.45, 7) is 3.21. The van der Waals surface area contributed by atoms with Crippen molar-refractivity contribution in [3.8, 4) is 11.5 Å². The molecule has 23 heavy (non-hydrogen) atoms. The van der Waals surface area contributed by atoms with E-state index in [1.807, 2.05) is 55.1 Å². The third kappa shape index (κ3) is 4.14. The first-order chi connectivity index (χ1) is 11.2. The van der Waals surface area contributed by atoms with Crippen molar-refractivity contribution in [3.05, 3.63) is 77.8 Å². The predicted molar refractivity (Wildman–Crippen MR) is 93.2 cm³/mol. The van der Waals surface area contributed by atoms with E-state index in [1.54, 1.807) is 0 Å². The molecule has 3 rings (SSSR count). The van der Waals surface area contributed by atoms with Gasteiger partial charge in [-0.3, -0.25) is 0 Å². The minimum Gasteiger partial charge on any atom is -0.456 e. The van der Waals surface area contributed by atoms with Crippen molar-refractivity contribution < 1.29 is 4.74 Å². The summed E-state index contributed by atoms with van der Waals surface area (Å²) in [6, 6.07) is 15.7. The molecule has 0 radical (unpaired) electrons. The summed E-state index contributed by atoms with van der Waals surface area (Å²) in [5.74, 6) is 1.95. The molecule has 1 aromatic heterocycles. The molecule has 0 amide bonds.